The van der Waals surface area contributed by atoms with E-state index in [1.807, 2.05) is 77.3 Å². The van der Waals surface area contributed by atoms with Crippen molar-refractivity contribution in [2.75, 3.05) is 14.1 Å². The fourth-order valence-electron chi connectivity index (χ4n) is 3.61. The van der Waals surface area contributed by atoms with E-state index in [1.54, 1.807) is 0 Å². The maximum absolute atomic E-state index is 13.0. The molecule has 1 nitrogen and oxygen atoms in total. The molecule has 0 saturated heterocycles. The summed E-state index contributed by atoms with van der Waals surface area (Å²) >= 11 is 0. The monoisotopic (exact) mass is 577 g/mol. The van der Waals surface area contributed by atoms with Crippen LogP contribution in [-0.4, -0.2) is 25.0 Å². The summed E-state index contributed by atoms with van der Waals surface area (Å²) in [4.78, 5) is 2.01. The van der Waals surface area contributed by atoms with Gasteiger partial charge >= 0.3 is 12.4 Å². The summed E-state index contributed by atoms with van der Waals surface area (Å²) in [6.07, 6.45) is 6.80. The topological polar surface area (TPSA) is 3.24 Å². The van der Waals surface area contributed by atoms with E-state index in [1.165, 1.54) is 24.3 Å². The predicted molar refractivity (Wildman–Crippen MR) is 133 cm³/mol. The molecule has 0 heterocycles. The number of hydrogen-bond donors (Lipinski definition) is 0. The minimum atomic E-state index is -4.46. The van der Waals surface area contributed by atoms with Crippen LogP contribution >= 0.6 is 7.92 Å². The summed E-state index contributed by atoms with van der Waals surface area (Å²) in [7, 11) is 2.49. The molecule has 198 valence electrons. The van der Waals surface area contributed by atoms with Gasteiger partial charge in [-0.1, -0.05) is 24.3 Å². The minimum absolute atomic E-state index is 0. The van der Waals surface area contributed by atoms with Crippen molar-refractivity contribution in [2.45, 2.75) is 25.3 Å². The fourth-order valence-corrected chi connectivity index (χ4v) is 6.11. The molecule has 2 aromatic carbocycles. The van der Waals surface area contributed by atoms with Crippen LogP contribution in [0.5, 0.6) is 0 Å². The van der Waals surface area contributed by atoms with Gasteiger partial charge in [0.2, 0.25) is 0 Å². The number of benzene rings is 2. The number of hydrogen-bond acceptors (Lipinski definition) is 1. The molecule has 0 bridgehead atoms. The zero-order valence-corrected chi connectivity index (χ0v) is 22.3. The first kappa shape index (κ1) is 32.1. The first-order valence-electron chi connectivity index (χ1n) is 11.1. The van der Waals surface area contributed by atoms with Crippen LogP contribution in [0.3, 0.4) is 0 Å². The molecule has 10 radical (unpaired) electrons. The molecule has 0 aromatic heterocycles. The Morgan fingerprint density at radius 1 is 0.622 bits per heavy atom. The minimum Gasteiger partial charge on any atom is -0.306 e. The van der Waals surface area contributed by atoms with Crippen LogP contribution in [0.25, 0.3) is 0 Å². The largest absolute Gasteiger partial charge is 0.416 e. The second-order valence-electron chi connectivity index (χ2n) is 8.39. The molecule has 0 aliphatic heterocycles. The standard InChI is InChI=1S/C23H21F6NP.C5H5.Fe/c1-15(30(2)3)20-5-4-6-21(20)31(18-11-7-16(8-12-18)22(24,25)26)19-13-9-17(10-14-19)23(27,28)29;1-2-4-5-3-1;/h4-15H,1-3H3;1-5H;/t15-;;/m1../s1. The molecular formula is C28H26F6FeNP. The fraction of sp³-hybridized carbons (Fsp3) is 0.214. The van der Waals surface area contributed by atoms with Crippen molar-refractivity contribution < 1.29 is 43.4 Å². The molecule has 2 aliphatic carbocycles. The molecule has 0 spiro atoms. The Balaban J connectivity index is 0.000000716. The Kier molecular flexibility index (Phi) is 12.0. The number of alkyl halides is 6. The van der Waals surface area contributed by atoms with E-state index >= 15 is 0 Å². The molecule has 0 amide bonds. The van der Waals surface area contributed by atoms with Gasteiger partial charge in [0.05, 0.1) is 11.1 Å². The number of rotatable bonds is 5. The van der Waals surface area contributed by atoms with Gasteiger partial charge in [-0.2, -0.15) is 26.3 Å². The SMILES string of the molecule is C[C@H]([C]1[CH][CH][CH][C]1P(c1ccc(C(F)(F)F)cc1)c1ccc(C(F)(F)F)cc1)N(C)C.[CH]1[CH][CH][CH][CH]1.[Fe]. The van der Waals surface area contributed by atoms with Gasteiger partial charge in [0.15, 0.2) is 0 Å². The molecule has 2 saturated carbocycles. The van der Waals surface area contributed by atoms with Crippen molar-refractivity contribution in [2.24, 2.45) is 0 Å². The molecule has 37 heavy (non-hydrogen) atoms. The van der Waals surface area contributed by atoms with Gasteiger partial charge in [0.25, 0.3) is 0 Å². The Labute approximate surface area is 228 Å². The smallest absolute Gasteiger partial charge is 0.306 e. The van der Waals surface area contributed by atoms with Gasteiger partial charge in [-0.3, -0.25) is 0 Å². The molecule has 2 aromatic rings. The predicted octanol–water partition coefficient (Wildman–Crippen LogP) is 6.86. The van der Waals surface area contributed by atoms with Crippen molar-refractivity contribution >= 4 is 18.5 Å². The maximum Gasteiger partial charge on any atom is 0.416 e. The molecule has 2 aliphatic rings. The average molecular weight is 577 g/mol. The second-order valence-corrected chi connectivity index (χ2v) is 10.6. The zero-order valence-electron chi connectivity index (χ0n) is 20.3. The van der Waals surface area contributed by atoms with Gasteiger partial charge in [-0.05, 0) is 115 Å². The number of halogens is 6. The van der Waals surface area contributed by atoms with Crippen molar-refractivity contribution in [3.05, 3.63) is 123 Å². The van der Waals surface area contributed by atoms with Crippen LogP contribution in [0.15, 0.2) is 48.5 Å². The Morgan fingerprint density at radius 2 is 1.00 bits per heavy atom. The Morgan fingerprint density at radius 3 is 1.32 bits per heavy atom. The van der Waals surface area contributed by atoms with Gasteiger partial charge in [0.1, 0.15) is 0 Å². The summed E-state index contributed by atoms with van der Waals surface area (Å²) in [5.41, 5.74) is -0.610. The van der Waals surface area contributed by atoms with Crippen molar-refractivity contribution in [1.82, 2.24) is 4.90 Å². The van der Waals surface area contributed by atoms with E-state index in [9.17, 15) is 26.3 Å². The van der Waals surface area contributed by atoms with Gasteiger partial charge in [0, 0.05) is 34.7 Å². The molecule has 2 fully saturated rings. The molecule has 9 heteroatoms. The molecule has 0 N–H and O–H groups in total. The zero-order chi connectivity index (χ0) is 26.5. The van der Waals surface area contributed by atoms with Crippen LogP contribution in [0, 0.1) is 62.9 Å². The maximum atomic E-state index is 13.0. The average Bonchev–Trinajstić information content (AvgIpc) is 3.54. The molecule has 1 atom stereocenters. The normalized spacial score (nSPS) is 18.0. The van der Waals surface area contributed by atoms with E-state index < -0.39 is 31.4 Å². The summed E-state index contributed by atoms with van der Waals surface area (Å²) < 4.78 is 78.2. The van der Waals surface area contributed by atoms with E-state index in [-0.39, 0.29) is 23.1 Å². The van der Waals surface area contributed by atoms with Crippen LogP contribution in [0.1, 0.15) is 18.1 Å². The van der Waals surface area contributed by atoms with Gasteiger partial charge in [-0.25, -0.2) is 0 Å². The molecule has 0 unspecified atom stereocenters. The Bertz CT molecular complexity index is 874. The summed E-state index contributed by atoms with van der Waals surface area (Å²) in [6.45, 7) is 2.01. The first-order valence-corrected chi connectivity index (χ1v) is 12.5. The van der Waals surface area contributed by atoms with E-state index in [0.29, 0.717) is 10.6 Å². The third kappa shape index (κ3) is 8.71. The second kappa shape index (κ2) is 13.8. The third-order valence-corrected chi connectivity index (χ3v) is 8.27. The molecule has 4 rings (SSSR count). The number of nitrogens with zero attached hydrogens (tertiary/aromatic N) is 1. The third-order valence-electron chi connectivity index (χ3n) is 5.75. The van der Waals surface area contributed by atoms with Crippen LogP contribution < -0.4 is 10.6 Å². The van der Waals surface area contributed by atoms with Crippen LogP contribution in [-0.2, 0) is 29.4 Å². The van der Waals surface area contributed by atoms with Crippen molar-refractivity contribution in [3.63, 3.8) is 0 Å². The quantitative estimate of drug-likeness (QED) is 0.213. The van der Waals surface area contributed by atoms with E-state index in [0.717, 1.165) is 35.8 Å². The van der Waals surface area contributed by atoms with Crippen LogP contribution in [0.2, 0.25) is 0 Å². The van der Waals surface area contributed by atoms with Crippen LogP contribution in [0.4, 0.5) is 26.3 Å². The van der Waals surface area contributed by atoms with Crippen molar-refractivity contribution in [1.29, 1.82) is 0 Å². The summed E-state index contributed by atoms with van der Waals surface area (Å²) in [6, 6.07) is 9.79. The summed E-state index contributed by atoms with van der Waals surface area (Å²) in [5.74, 6) is 0.996. The summed E-state index contributed by atoms with van der Waals surface area (Å²) in [5, 5.41) is 1.28. The van der Waals surface area contributed by atoms with E-state index in [4.69, 9.17) is 0 Å². The van der Waals surface area contributed by atoms with Gasteiger partial charge in [-0.15, -0.1) is 0 Å². The van der Waals surface area contributed by atoms with Gasteiger partial charge < -0.3 is 4.90 Å². The molecular weight excluding hydrogens is 551 g/mol. The Hall–Kier alpha value is -1.07. The first-order chi connectivity index (χ1) is 16.9. The van der Waals surface area contributed by atoms with E-state index in [2.05, 4.69) is 0 Å². The van der Waals surface area contributed by atoms with Crippen molar-refractivity contribution in [3.8, 4) is 0 Å².